The van der Waals surface area contributed by atoms with Crippen LogP contribution in [0.25, 0.3) is 0 Å². The molecule has 0 bridgehead atoms. The predicted molar refractivity (Wildman–Crippen MR) is 95.3 cm³/mol. The highest BCUT2D eigenvalue weighted by Crippen LogP contribution is 2.22. The summed E-state index contributed by atoms with van der Waals surface area (Å²) in [5.41, 5.74) is 3.11. The second-order valence-corrected chi connectivity index (χ2v) is 5.83. The van der Waals surface area contributed by atoms with Gasteiger partial charge in [0.2, 0.25) is 0 Å². The van der Waals surface area contributed by atoms with Gasteiger partial charge in [-0.25, -0.2) is 0 Å². The Labute approximate surface area is 147 Å². The standard InChI is InChI=1S/C19H22ClNO3/c1-3-16-10-17(7-8-18(16)20)24-13-19(22)21-11-14-5-4-6-15(9-14)12-23-2/h4-10H,3,11-13H2,1-2H3,(H,21,22). The van der Waals surface area contributed by atoms with Crippen molar-refractivity contribution in [3.05, 3.63) is 64.2 Å². The molecule has 0 atom stereocenters. The minimum absolute atomic E-state index is 0.0252. The van der Waals surface area contributed by atoms with Crippen LogP contribution < -0.4 is 10.1 Å². The molecule has 0 aliphatic rings. The summed E-state index contributed by atoms with van der Waals surface area (Å²) >= 11 is 6.07. The lowest BCUT2D eigenvalue weighted by Crippen LogP contribution is -2.28. The van der Waals surface area contributed by atoms with Crippen molar-refractivity contribution in [1.29, 1.82) is 0 Å². The highest BCUT2D eigenvalue weighted by molar-refractivity contribution is 6.31. The lowest BCUT2D eigenvalue weighted by molar-refractivity contribution is -0.123. The van der Waals surface area contributed by atoms with E-state index in [1.165, 1.54) is 0 Å². The molecule has 0 saturated heterocycles. The number of methoxy groups -OCH3 is 1. The maximum Gasteiger partial charge on any atom is 0.258 e. The molecule has 0 fully saturated rings. The summed E-state index contributed by atoms with van der Waals surface area (Å²) in [6.07, 6.45) is 0.819. The van der Waals surface area contributed by atoms with Crippen LogP contribution in [-0.2, 0) is 29.1 Å². The highest BCUT2D eigenvalue weighted by Gasteiger charge is 2.05. The van der Waals surface area contributed by atoms with E-state index >= 15 is 0 Å². The minimum atomic E-state index is -0.167. The molecule has 1 N–H and O–H groups in total. The van der Waals surface area contributed by atoms with Crippen molar-refractivity contribution in [2.45, 2.75) is 26.5 Å². The van der Waals surface area contributed by atoms with Crippen molar-refractivity contribution >= 4 is 17.5 Å². The van der Waals surface area contributed by atoms with Gasteiger partial charge in [-0.2, -0.15) is 0 Å². The summed E-state index contributed by atoms with van der Waals surface area (Å²) in [5, 5.41) is 3.56. The molecule has 2 aromatic rings. The lowest BCUT2D eigenvalue weighted by atomic mass is 10.1. The average Bonchev–Trinajstić information content (AvgIpc) is 2.60. The van der Waals surface area contributed by atoms with E-state index in [0.717, 1.165) is 23.1 Å². The fourth-order valence-electron chi connectivity index (χ4n) is 2.31. The Hall–Kier alpha value is -2.04. The predicted octanol–water partition coefficient (Wildman–Crippen LogP) is 3.74. The Morgan fingerprint density at radius 1 is 1.17 bits per heavy atom. The minimum Gasteiger partial charge on any atom is -0.484 e. The molecule has 0 radical (unpaired) electrons. The van der Waals surface area contributed by atoms with Gasteiger partial charge in [0.25, 0.3) is 5.91 Å². The van der Waals surface area contributed by atoms with E-state index in [0.29, 0.717) is 23.9 Å². The third kappa shape index (κ3) is 5.55. The first-order valence-electron chi connectivity index (χ1n) is 7.87. The lowest BCUT2D eigenvalue weighted by Gasteiger charge is -2.10. The summed E-state index contributed by atoms with van der Waals surface area (Å²) in [4.78, 5) is 11.9. The number of halogens is 1. The zero-order chi connectivity index (χ0) is 17.4. The molecular formula is C19H22ClNO3. The third-order valence-electron chi connectivity index (χ3n) is 3.56. The second kappa shape index (κ2) is 9.30. The van der Waals surface area contributed by atoms with Crippen molar-refractivity contribution in [3.8, 4) is 5.75 Å². The van der Waals surface area contributed by atoms with Crippen LogP contribution in [0.1, 0.15) is 23.6 Å². The Balaban J connectivity index is 1.82. The van der Waals surface area contributed by atoms with Gasteiger partial charge in [-0.15, -0.1) is 0 Å². The molecule has 0 unspecified atom stereocenters. The molecule has 0 heterocycles. The van der Waals surface area contributed by atoms with Gasteiger partial charge >= 0.3 is 0 Å². The van der Waals surface area contributed by atoms with Gasteiger partial charge in [0.05, 0.1) is 6.61 Å². The molecule has 2 rings (SSSR count). The second-order valence-electron chi connectivity index (χ2n) is 5.43. The van der Waals surface area contributed by atoms with E-state index in [1.807, 2.05) is 37.3 Å². The van der Waals surface area contributed by atoms with Crippen LogP contribution in [0, 0.1) is 0 Å². The molecule has 0 aliphatic carbocycles. The van der Waals surface area contributed by atoms with Crippen molar-refractivity contribution in [2.75, 3.05) is 13.7 Å². The Kier molecular flexibility index (Phi) is 7.09. The molecule has 0 aliphatic heterocycles. The van der Waals surface area contributed by atoms with Crippen LogP contribution in [-0.4, -0.2) is 19.6 Å². The van der Waals surface area contributed by atoms with Gasteiger partial charge in [0.15, 0.2) is 6.61 Å². The highest BCUT2D eigenvalue weighted by atomic mass is 35.5. The van der Waals surface area contributed by atoms with Crippen LogP contribution in [0.5, 0.6) is 5.75 Å². The Bertz CT molecular complexity index is 688. The van der Waals surface area contributed by atoms with Gasteiger partial charge in [0, 0.05) is 18.7 Å². The molecule has 5 heteroatoms. The summed E-state index contributed by atoms with van der Waals surface area (Å²) in [5.74, 6) is 0.480. The summed E-state index contributed by atoms with van der Waals surface area (Å²) in [6.45, 7) is 3.01. The van der Waals surface area contributed by atoms with Gasteiger partial charge in [-0.3, -0.25) is 4.79 Å². The first kappa shape index (κ1) is 18.3. The monoisotopic (exact) mass is 347 g/mol. The topological polar surface area (TPSA) is 47.6 Å². The number of hydrogen-bond acceptors (Lipinski definition) is 3. The van der Waals surface area contributed by atoms with Crippen molar-refractivity contribution < 1.29 is 14.3 Å². The normalized spacial score (nSPS) is 10.5. The van der Waals surface area contributed by atoms with E-state index in [1.54, 1.807) is 19.2 Å². The third-order valence-corrected chi connectivity index (χ3v) is 3.93. The molecule has 0 aromatic heterocycles. The molecule has 24 heavy (non-hydrogen) atoms. The molecule has 4 nitrogen and oxygen atoms in total. The van der Waals surface area contributed by atoms with Crippen molar-refractivity contribution in [2.24, 2.45) is 0 Å². The first-order valence-corrected chi connectivity index (χ1v) is 8.25. The van der Waals surface area contributed by atoms with E-state index in [2.05, 4.69) is 5.32 Å². The number of rotatable bonds is 8. The molecule has 2 aromatic carbocycles. The van der Waals surface area contributed by atoms with Gasteiger partial charge in [-0.05, 0) is 41.3 Å². The number of ether oxygens (including phenoxy) is 2. The van der Waals surface area contributed by atoms with Crippen LogP contribution in [0.3, 0.4) is 0 Å². The number of hydrogen-bond donors (Lipinski definition) is 1. The number of amides is 1. The van der Waals surface area contributed by atoms with Crippen LogP contribution >= 0.6 is 11.6 Å². The van der Waals surface area contributed by atoms with Crippen LogP contribution in [0.15, 0.2) is 42.5 Å². The zero-order valence-electron chi connectivity index (χ0n) is 14.0. The van der Waals surface area contributed by atoms with Gasteiger partial charge in [0.1, 0.15) is 5.75 Å². The molecule has 0 spiro atoms. The summed E-state index contributed by atoms with van der Waals surface area (Å²) in [7, 11) is 1.66. The maximum absolute atomic E-state index is 11.9. The first-order chi connectivity index (χ1) is 11.6. The molecule has 0 saturated carbocycles. The largest absolute Gasteiger partial charge is 0.484 e. The molecule has 1 amide bonds. The Morgan fingerprint density at radius 3 is 2.71 bits per heavy atom. The van der Waals surface area contributed by atoms with E-state index in [-0.39, 0.29) is 12.5 Å². The zero-order valence-corrected chi connectivity index (χ0v) is 14.7. The van der Waals surface area contributed by atoms with Crippen LogP contribution in [0.4, 0.5) is 0 Å². The maximum atomic E-state index is 11.9. The van der Waals surface area contributed by atoms with Crippen molar-refractivity contribution in [3.63, 3.8) is 0 Å². The number of benzene rings is 2. The van der Waals surface area contributed by atoms with E-state index in [9.17, 15) is 4.79 Å². The van der Waals surface area contributed by atoms with Gasteiger partial charge in [-0.1, -0.05) is 42.8 Å². The van der Waals surface area contributed by atoms with Crippen LogP contribution in [0.2, 0.25) is 5.02 Å². The molecule has 128 valence electrons. The fraction of sp³-hybridized carbons (Fsp3) is 0.316. The van der Waals surface area contributed by atoms with E-state index in [4.69, 9.17) is 21.1 Å². The van der Waals surface area contributed by atoms with Crippen molar-refractivity contribution in [1.82, 2.24) is 5.32 Å². The number of carbonyl (C=O) groups excluding carboxylic acids is 1. The fourth-order valence-corrected chi connectivity index (χ4v) is 2.56. The quantitative estimate of drug-likeness (QED) is 0.791. The number of carbonyl (C=O) groups is 1. The number of nitrogens with one attached hydrogen (secondary N) is 1. The molecular weight excluding hydrogens is 326 g/mol. The SMILES string of the molecule is CCc1cc(OCC(=O)NCc2cccc(COC)c2)ccc1Cl. The smallest absolute Gasteiger partial charge is 0.258 e. The Morgan fingerprint density at radius 2 is 1.96 bits per heavy atom. The average molecular weight is 348 g/mol. The summed E-state index contributed by atoms with van der Waals surface area (Å²) < 4.78 is 10.6. The van der Waals surface area contributed by atoms with E-state index < -0.39 is 0 Å². The summed E-state index contributed by atoms with van der Waals surface area (Å²) in [6, 6.07) is 13.3. The number of aryl methyl sites for hydroxylation is 1. The van der Waals surface area contributed by atoms with Gasteiger partial charge < -0.3 is 14.8 Å².